The summed E-state index contributed by atoms with van der Waals surface area (Å²) in [6, 6.07) is 10.0. The molecule has 0 unspecified atom stereocenters. The molecule has 1 aromatic carbocycles. The third-order valence-corrected chi connectivity index (χ3v) is 2.63. The van der Waals surface area contributed by atoms with Gasteiger partial charge in [0.25, 0.3) is 0 Å². The van der Waals surface area contributed by atoms with E-state index in [4.69, 9.17) is 9.47 Å². The normalized spacial score (nSPS) is 22.7. The zero-order valence-electron chi connectivity index (χ0n) is 10.3. The number of carbonyl (C=O) groups is 1. The van der Waals surface area contributed by atoms with Crippen LogP contribution in [0.5, 0.6) is 0 Å². The molecule has 0 radical (unpaired) electrons. The van der Waals surface area contributed by atoms with E-state index in [-0.39, 0.29) is 18.2 Å². The Morgan fingerprint density at radius 3 is 2.89 bits per heavy atom. The number of ether oxygens (including phenoxy) is 2. The zero-order chi connectivity index (χ0) is 12.8. The van der Waals surface area contributed by atoms with Gasteiger partial charge in [0.05, 0.1) is 6.26 Å². The van der Waals surface area contributed by atoms with Gasteiger partial charge in [0.1, 0.15) is 12.2 Å². The second-order valence-corrected chi connectivity index (χ2v) is 4.16. The van der Waals surface area contributed by atoms with Gasteiger partial charge in [-0.25, -0.2) is 0 Å². The number of carbonyl (C=O) groups excluding carboxylic acids is 1. The van der Waals surface area contributed by atoms with Gasteiger partial charge in [0, 0.05) is 13.3 Å². The molecule has 0 saturated carbocycles. The smallest absolute Gasteiger partial charge is 0.303 e. The first-order chi connectivity index (χ1) is 8.74. The average Bonchev–Trinajstić information content (AvgIpc) is 2.37. The fourth-order valence-corrected chi connectivity index (χ4v) is 1.80. The van der Waals surface area contributed by atoms with Crippen LogP contribution in [0, 0.1) is 0 Å². The minimum Gasteiger partial charge on any atom is -0.494 e. The van der Waals surface area contributed by atoms with Crippen molar-refractivity contribution in [2.24, 2.45) is 0 Å². The van der Waals surface area contributed by atoms with Crippen molar-refractivity contribution in [3.05, 3.63) is 54.3 Å². The van der Waals surface area contributed by atoms with E-state index in [1.807, 2.05) is 42.5 Å². The summed E-state index contributed by atoms with van der Waals surface area (Å²) in [5.41, 5.74) is 1.12. The van der Waals surface area contributed by atoms with Crippen LogP contribution in [0.25, 0.3) is 6.08 Å². The van der Waals surface area contributed by atoms with Crippen LogP contribution in [0.15, 0.2) is 48.7 Å². The molecule has 3 nitrogen and oxygen atoms in total. The maximum absolute atomic E-state index is 10.9. The summed E-state index contributed by atoms with van der Waals surface area (Å²) in [4.78, 5) is 10.9. The lowest BCUT2D eigenvalue weighted by atomic mass is 10.1. The van der Waals surface area contributed by atoms with Crippen LogP contribution in [0.3, 0.4) is 0 Å². The van der Waals surface area contributed by atoms with Crippen molar-refractivity contribution in [1.82, 2.24) is 0 Å². The summed E-state index contributed by atoms with van der Waals surface area (Å²) in [6.45, 7) is 1.41. The molecule has 0 fully saturated rings. The van der Waals surface area contributed by atoms with E-state index in [1.165, 1.54) is 6.92 Å². The topological polar surface area (TPSA) is 35.5 Å². The minimum atomic E-state index is -0.266. The average molecular weight is 244 g/mol. The highest BCUT2D eigenvalue weighted by atomic mass is 16.5. The van der Waals surface area contributed by atoms with Crippen molar-refractivity contribution >= 4 is 12.0 Å². The second kappa shape index (κ2) is 6.05. The predicted molar refractivity (Wildman–Crippen MR) is 69.7 cm³/mol. The summed E-state index contributed by atoms with van der Waals surface area (Å²) < 4.78 is 10.6. The van der Waals surface area contributed by atoms with Gasteiger partial charge in [0.15, 0.2) is 0 Å². The molecule has 0 aliphatic carbocycles. The first kappa shape index (κ1) is 12.4. The Balaban J connectivity index is 1.93. The summed E-state index contributed by atoms with van der Waals surface area (Å²) in [5.74, 6) is -0.266. The molecule has 0 saturated heterocycles. The third kappa shape index (κ3) is 3.77. The Morgan fingerprint density at radius 2 is 2.17 bits per heavy atom. The monoisotopic (exact) mass is 244 g/mol. The fraction of sp³-hybridized carbons (Fsp3) is 0.267. The first-order valence-corrected chi connectivity index (χ1v) is 5.96. The number of rotatable bonds is 3. The third-order valence-electron chi connectivity index (χ3n) is 2.63. The van der Waals surface area contributed by atoms with Gasteiger partial charge in [0.2, 0.25) is 0 Å². The standard InChI is InChI=1S/C15H16O3/c1-12(16)18-15-9-10-17-14(11-15)8-7-13-5-3-2-4-6-13/h2-10,14-15H,11H2,1H3/b8-7+/t14-,15-/m0/s1. The van der Waals surface area contributed by atoms with Crippen molar-refractivity contribution < 1.29 is 14.3 Å². The number of benzene rings is 1. The lowest BCUT2D eigenvalue weighted by molar-refractivity contribution is -0.145. The van der Waals surface area contributed by atoms with E-state index in [0.717, 1.165) is 5.56 Å². The summed E-state index contributed by atoms with van der Waals surface area (Å²) >= 11 is 0. The van der Waals surface area contributed by atoms with Gasteiger partial charge in [-0.3, -0.25) is 4.79 Å². The molecular weight excluding hydrogens is 228 g/mol. The Hall–Kier alpha value is -2.03. The molecule has 0 spiro atoms. The van der Waals surface area contributed by atoms with Crippen LogP contribution in [-0.2, 0) is 14.3 Å². The van der Waals surface area contributed by atoms with Crippen LogP contribution < -0.4 is 0 Å². The number of hydrogen-bond acceptors (Lipinski definition) is 3. The Kier molecular flexibility index (Phi) is 4.18. The lowest BCUT2D eigenvalue weighted by Crippen LogP contribution is -2.24. The molecule has 2 atom stereocenters. The predicted octanol–water partition coefficient (Wildman–Crippen LogP) is 2.93. The molecule has 0 aromatic heterocycles. The molecule has 0 amide bonds. The van der Waals surface area contributed by atoms with Crippen LogP contribution in [0.4, 0.5) is 0 Å². The molecule has 1 aromatic rings. The van der Waals surface area contributed by atoms with E-state index < -0.39 is 0 Å². The molecule has 1 aliphatic rings. The maximum atomic E-state index is 10.9. The number of esters is 1. The van der Waals surface area contributed by atoms with E-state index >= 15 is 0 Å². The van der Waals surface area contributed by atoms with Crippen LogP contribution in [0.1, 0.15) is 18.9 Å². The summed E-state index contributed by atoms with van der Waals surface area (Å²) in [5, 5.41) is 0. The molecule has 94 valence electrons. The number of hydrogen-bond donors (Lipinski definition) is 0. The van der Waals surface area contributed by atoms with E-state index in [1.54, 1.807) is 12.3 Å². The van der Waals surface area contributed by atoms with Crippen molar-refractivity contribution in [2.75, 3.05) is 0 Å². The zero-order valence-corrected chi connectivity index (χ0v) is 10.3. The second-order valence-electron chi connectivity index (χ2n) is 4.16. The van der Waals surface area contributed by atoms with Gasteiger partial charge >= 0.3 is 5.97 Å². The Labute approximate surface area is 107 Å². The highest BCUT2D eigenvalue weighted by Crippen LogP contribution is 2.16. The van der Waals surface area contributed by atoms with Crippen LogP contribution in [-0.4, -0.2) is 18.2 Å². The largest absolute Gasteiger partial charge is 0.494 e. The van der Waals surface area contributed by atoms with Gasteiger partial charge < -0.3 is 9.47 Å². The SMILES string of the molecule is CC(=O)O[C@H]1C=CO[C@@H](/C=C/c2ccccc2)C1. The molecular formula is C15H16O3. The molecule has 0 bridgehead atoms. The maximum Gasteiger partial charge on any atom is 0.303 e. The Morgan fingerprint density at radius 1 is 1.39 bits per heavy atom. The molecule has 18 heavy (non-hydrogen) atoms. The summed E-state index contributed by atoms with van der Waals surface area (Å²) in [6.07, 6.45) is 7.75. The van der Waals surface area contributed by atoms with Gasteiger partial charge in [-0.2, -0.15) is 0 Å². The van der Waals surface area contributed by atoms with Gasteiger partial charge in [-0.05, 0) is 17.7 Å². The quantitative estimate of drug-likeness (QED) is 0.767. The van der Waals surface area contributed by atoms with Crippen molar-refractivity contribution in [3.8, 4) is 0 Å². The highest BCUT2D eigenvalue weighted by Gasteiger charge is 2.18. The van der Waals surface area contributed by atoms with Crippen molar-refractivity contribution in [1.29, 1.82) is 0 Å². The highest BCUT2D eigenvalue weighted by molar-refractivity contribution is 5.66. The molecule has 1 heterocycles. The van der Waals surface area contributed by atoms with Crippen LogP contribution >= 0.6 is 0 Å². The fourth-order valence-electron chi connectivity index (χ4n) is 1.80. The van der Waals surface area contributed by atoms with Gasteiger partial charge in [-0.1, -0.05) is 36.4 Å². The Bertz CT molecular complexity index is 448. The molecule has 3 heteroatoms. The van der Waals surface area contributed by atoms with Crippen LogP contribution in [0.2, 0.25) is 0 Å². The summed E-state index contributed by atoms with van der Waals surface area (Å²) in [7, 11) is 0. The van der Waals surface area contributed by atoms with Crippen molar-refractivity contribution in [2.45, 2.75) is 25.6 Å². The molecule has 1 aliphatic heterocycles. The molecule has 2 rings (SSSR count). The van der Waals surface area contributed by atoms with E-state index in [9.17, 15) is 4.79 Å². The van der Waals surface area contributed by atoms with E-state index in [2.05, 4.69) is 0 Å². The first-order valence-electron chi connectivity index (χ1n) is 5.96. The minimum absolute atomic E-state index is 0.0560. The molecule has 0 N–H and O–H groups in total. The van der Waals surface area contributed by atoms with Crippen molar-refractivity contribution in [3.63, 3.8) is 0 Å². The van der Waals surface area contributed by atoms with Gasteiger partial charge in [-0.15, -0.1) is 0 Å². The van der Waals surface area contributed by atoms with E-state index in [0.29, 0.717) is 6.42 Å². The lowest BCUT2D eigenvalue weighted by Gasteiger charge is -2.22.